The van der Waals surface area contributed by atoms with E-state index in [9.17, 15) is 9.90 Å². The highest BCUT2D eigenvalue weighted by atomic mass is 32.2. The van der Waals surface area contributed by atoms with Gasteiger partial charge in [-0.1, -0.05) is 42.1 Å². The number of amidine groups is 1. The number of nitrogens with one attached hydrogen (secondary N) is 1. The van der Waals surface area contributed by atoms with Crippen LogP contribution in [0.3, 0.4) is 0 Å². The summed E-state index contributed by atoms with van der Waals surface area (Å²) in [4.78, 5) is 12.0. The highest BCUT2D eigenvalue weighted by Gasteiger charge is 2.30. The number of hydrogen-bond donors (Lipinski definition) is 2. The lowest BCUT2D eigenvalue weighted by Crippen LogP contribution is -2.25. The van der Waals surface area contributed by atoms with E-state index in [1.807, 2.05) is 30.3 Å². The van der Waals surface area contributed by atoms with Crippen molar-refractivity contribution in [2.75, 3.05) is 0 Å². The van der Waals surface area contributed by atoms with Gasteiger partial charge in [-0.05, 0) is 41.8 Å². The minimum absolute atomic E-state index is 0.0440. The Balaban J connectivity index is 1.61. The summed E-state index contributed by atoms with van der Waals surface area (Å²) >= 11 is 1.39. The fourth-order valence-corrected chi connectivity index (χ4v) is 3.09. The summed E-state index contributed by atoms with van der Waals surface area (Å²) in [5.74, 6) is 0.160. The van der Waals surface area contributed by atoms with Gasteiger partial charge in [0.15, 0.2) is 5.17 Å². The molecule has 0 saturated carbocycles. The Morgan fingerprint density at radius 2 is 1.87 bits per heavy atom. The fourth-order valence-electron chi connectivity index (χ4n) is 2.12. The van der Waals surface area contributed by atoms with E-state index in [1.54, 1.807) is 30.5 Å². The quantitative estimate of drug-likeness (QED) is 0.670. The van der Waals surface area contributed by atoms with Gasteiger partial charge in [-0.3, -0.25) is 4.79 Å². The zero-order valence-electron chi connectivity index (χ0n) is 12.2. The van der Waals surface area contributed by atoms with Crippen LogP contribution in [0, 0.1) is 0 Å². The van der Waals surface area contributed by atoms with E-state index >= 15 is 0 Å². The van der Waals surface area contributed by atoms with Crippen molar-refractivity contribution in [3.63, 3.8) is 0 Å². The molecule has 2 N–H and O–H groups in total. The summed E-state index contributed by atoms with van der Waals surface area (Å²) in [5, 5.41) is 20.3. The maximum atomic E-state index is 12.0. The molecule has 1 fully saturated rings. The first kappa shape index (κ1) is 15.3. The van der Waals surface area contributed by atoms with Crippen molar-refractivity contribution in [2.24, 2.45) is 10.2 Å². The molecule has 1 atom stereocenters. The highest BCUT2D eigenvalue weighted by molar-refractivity contribution is 8.15. The second-order valence-electron chi connectivity index (χ2n) is 5.03. The molecule has 1 heterocycles. The van der Waals surface area contributed by atoms with Crippen LogP contribution >= 0.6 is 11.8 Å². The SMILES string of the molecule is O=C1N/C(=N/N=Cc2ccc(O)cc2)SC1Cc1ccccc1. The number of nitrogens with zero attached hydrogens (tertiary/aromatic N) is 2. The van der Waals surface area contributed by atoms with E-state index in [-0.39, 0.29) is 16.9 Å². The van der Waals surface area contributed by atoms with Crippen LogP contribution in [-0.2, 0) is 11.2 Å². The van der Waals surface area contributed by atoms with Crippen LogP contribution in [0.15, 0.2) is 64.8 Å². The van der Waals surface area contributed by atoms with Crippen molar-refractivity contribution in [1.29, 1.82) is 0 Å². The van der Waals surface area contributed by atoms with Gasteiger partial charge in [0, 0.05) is 0 Å². The van der Waals surface area contributed by atoms with Crippen molar-refractivity contribution in [3.8, 4) is 5.75 Å². The number of phenols is 1. The monoisotopic (exact) mass is 325 g/mol. The Morgan fingerprint density at radius 1 is 1.13 bits per heavy atom. The van der Waals surface area contributed by atoms with Gasteiger partial charge in [0.25, 0.3) is 0 Å². The molecule has 1 aliphatic rings. The van der Waals surface area contributed by atoms with Crippen LogP contribution in [0.5, 0.6) is 5.75 Å². The van der Waals surface area contributed by atoms with Gasteiger partial charge in [0.05, 0.1) is 11.5 Å². The van der Waals surface area contributed by atoms with Crippen molar-refractivity contribution < 1.29 is 9.90 Å². The summed E-state index contributed by atoms with van der Waals surface area (Å²) in [6, 6.07) is 16.5. The summed E-state index contributed by atoms with van der Waals surface area (Å²) < 4.78 is 0. The molecule has 0 radical (unpaired) electrons. The third kappa shape index (κ3) is 4.20. The standard InChI is InChI=1S/C17H15N3O2S/c21-14-8-6-13(7-9-14)11-18-20-17-19-16(22)15(23-17)10-12-4-2-1-3-5-12/h1-9,11,15,21H,10H2,(H,19,20,22). The molecule has 0 aliphatic carbocycles. The van der Waals surface area contributed by atoms with E-state index in [0.29, 0.717) is 11.6 Å². The summed E-state index contributed by atoms with van der Waals surface area (Å²) in [6.07, 6.45) is 2.24. The molecule has 6 heteroatoms. The largest absolute Gasteiger partial charge is 0.508 e. The Hall–Kier alpha value is -2.60. The fraction of sp³-hybridized carbons (Fsp3) is 0.118. The third-order valence-corrected chi connectivity index (χ3v) is 4.36. The van der Waals surface area contributed by atoms with Gasteiger partial charge in [0.2, 0.25) is 5.91 Å². The van der Waals surface area contributed by atoms with Crippen molar-refractivity contribution in [3.05, 3.63) is 65.7 Å². The lowest BCUT2D eigenvalue weighted by atomic mass is 10.1. The first-order valence-corrected chi connectivity index (χ1v) is 8.00. The number of benzene rings is 2. The lowest BCUT2D eigenvalue weighted by molar-refractivity contribution is -0.118. The average Bonchev–Trinajstić information content (AvgIpc) is 2.90. The maximum absolute atomic E-state index is 12.0. The molecule has 1 amide bonds. The van der Waals surface area contributed by atoms with Gasteiger partial charge >= 0.3 is 0 Å². The molecule has 0 spiro atoms. The summed E-state index contributed by atoms with van der Waals surface area (Å²) in [5.41, 5.74) is 1.94. The molecule has 1 unspecified atom stereocenters. The molecule has 1 aliphatic heterocycles. The van der Waals surface area contributed by atoms with Crippen molar-refractivity contribution in [1.82, 2.24) is 5.32 Å². The number of phenolic OH excluding ortho intramolecular Hbond substituents is 1. The first-order chi connectivity index (χ1) is 11.2. The van der Waals surface area contributed by atoms with Crippen LogP contribution in [0.4, 0.5) is 0 Å². The van der Waals surface area contributed by atoms with Gasteiger partial charge in [-0.15, -0.1) is 5.10 Å². The Labute approximate surface area is 138 Å². The molecule has 1 saturated heterocycles. The number of rotatable bonds is 4. The van der Waals surface area contributed by atoms with Crippen LogP contribution in [0.2, 0.25) is 0 Å². The Morgan fingerprint density at radius 3 is 2.61 bits per heavy atom. The molecule has 2 aromatic carbocycles. The second kappa shape index (κ2) is 7.11. The van der Waals surface area contributed by atoms with Crippen LogP contribution in [-0.4, -0.2) is 27.6 Å². The lowest BCUT2D eigenvalue weighted by Gasteiger charge is -2.04. The number of amides is 1. The molecule has 5 nitrogen and oxygen atoms in total. The summed E-state index contributed by atoms with van der Waals surface area (Å²) in [6.45, 7) is 0. The minimum atomic E-state index is -0.181. The molecule has 0 aromatic heterocycles. The third-order valence-electron chi connectivity index (χ3n) is 3.29. The van der Waals surface area contributed by atoms with Gasteiger partial charge in [-0.25, -0.2) is 0 Å². The van der Waals surface area contributed by atoms with Crippen LogP contribution in [0.25, 0.3) is 0 Å². The molecule has 0 bridgehead atoms. The van der Waals surface area contributed by atoms with Crippen LogP contribution in [0.1, 0.15) is 11.1 Å². The predicted octanol–water partition coefficient (Wildman–Crippen LogP) is 2.56. The predicted molar refractivity (Wildman–Crippen MR) is 92.8 cm³/mol. The Kier molecular flexibility index (Phi) is 4.73. The number of carbonyl (C=O) groups excluding carboxylic acids is 1. The zero-order chi connectivity index (χ0) is 16.1. The molecule has 3 rings (SSSR count). The molecule has 2 aromatic rings. The Bertz CT molecular complexity index is 742. The van der Waals surface area contributed by atoms with Gasteiger partial charge < -0.3 is 10.4 Å². The normalized spacial score (nSPS) is 19.4. The van der Waals surface area contributed by atoms with Gasteiger partial charge in [-0.2, -0.15) is 5.10 Å². The average molecular weight is 325 g/mol. The number of carbonyl (C=O) groups is 1. The summed E-state index contributed by atoms with van der Waals surface area (Å²) in [7, 11) is 0. The zero-order valence-corrected chi connectivity index (χ0v) is 13.0. The van der Waals surface area contributed by atoms with E-state index in [1.165, 1.54) is 11.8 Å². The van der Waals surface area contributed by atoms with E-state index in [4.69, 9.17) is 0 Å². The van der Waals surface area contributed by atoms with E-state index < -0.39 is 0 Å². The topological polar surface area (TPSA) is 74.0 Å². The number of hydrogen-bond acceptors (Lipinski definition) is 5. The van der Waals surface area contributed by atoms with E-state index in [0.717, 1.165) is 11.1 Å². The maximum Gasteiger partial charge on any atom is 0.239 e. The molecule has 23 heavy (non-hydrogen) atoms. The van der Waals surface area contributed by atoms with Gasteiger partial charge in [0.1, 0.15) is 5.75 Å². The van der Waals surface area contributed by atoms with Crippen molar-refractivity contribution in [2.45, 2.75) is 11.7 Å². The van der Waals surface area contributed by atoms with E-state index in [2.05, 4.69) is 15.5 Å². The second-order valence-corrected chi connectivity index (χ2v) is 6.22. The molecule has 116 valence electrons. The highest BCUT2D eigenvalue weighted by Crippen LogP contribution is 2.23. The number of thioether (sulfide) groups is 1. The molecular weight excluding hydrogens is 310 g/mol. The molecular formula is C17H15N3O2S. The number of aromatic hydroxyl groups is 1. The van der Waals surface area contributed by atoms with Crippen LogP contribution < -0.4 is 5.32 Å². The smallest absolute Gasteiger partial charge is 0.239 e. The minimum Gasteiger partial charge on any atom is -0.508 e. The first-order valence-electron chi connectivity index (χ1n) is 7.12. The van der Waals surface area contributed by atoms with Crippen molar-refractivity contribution >= 4 is 29.1 Å².